The quantitative estimate of drug-likeness (QED) is 0.772. The first-order valence-electron chi connectivity index (χ1n) is 10.1. The maximum Gasteiger partial charge on any atom is 0.167 e. The van der Waals surface area contributed by atoms with Crippen LogP contribution in [0.3, 0.4) is 0 Å². The third kappa shape index (κ3) is 2.14. The minimum absolute atomic E-state index is 0.228. The zero-order chi connectivity index (χ0) is 18.1. The third-order valence-corrected chi connectivity index (χ3v) is 9.31. The molecule has 1 N–H and O–H groups in total. The molecular formula is C21H34O4. The molecule has 0 bridgehead atoms. The monoisotopic (exact) mass is 350 g/mol. The van der Waals surface area contributed by atoms with Gasteiger partial charge < -0.3 is 14.6 Å². The van der Waals surface area contributed by atoms with Crippen molar-refractivity contribution < 1.29 is 19.4 Å². The van der Waals surface area contributed by atoms with Gasteiger partial charge in [0.05, 0.1) is 11.0 Å². The average molecular weight is 350 g/mol. The van der Waals surface area contributed by atoms with Gasteiger partial charge >= 0.3 is 0 Å². The predicted molar refractivity (Wildman–Crippen MR) is 94.9 cm³/mol. The van der Waals surface area contributed by atoms with Gasteiger partial charge in [-0.15, -0.1) is 0 Å². The topological polar surface area (TPSA) is 55.8 Å². The highest BCUT2D eigenvalue weighted by molar-refractivity contribution is 5.88. The van der Waals surface area contributed by atoms with Crippen molar-refractivity contribution in [1.82, 2.24) is 0 Å². The van der Waals surface area contributed by atoms with Gasteiger partial charge in [-0.25, -0.2) is 0 Å². The molecule has 4 nitrogen and oxygen atoms in total. The highest BCUT2D eigenvalue weighted by atomic mass is 16.7. The van der Waals surface area contributed by atoms with E-state index in [1.54, 1.807) is 14.2 Å². The molecule has 4 fully saturated rings. The lowest BCUT2D eigenvalue weighted by Crippen LogP contribution is -2.63. The average Bonchev–Trinajstić information content (AvgIpc) is 2.86. The lowest BCUT2D eigenvalue weighted by molar-refractivity contribution is -0.269. The van der Waals surface area contributed by atoms with E-state index in [-0.39, 0.29) is 11.3 Å². The fourth-order valence-electron chi connectivity index (χ4n) is 7.38. The van der Waals surface area contributed by atoms with Gasteiger partial charge in [-0.05, 0) is 68.6 Å². The molecule has 0 spiro atoms. The van der Waals surface area contributed by atoms with Crippen LogP contribution in [0.1, 0.15) is 71.6 Å². The van der Waals surface area contributed by atoms with E-state index in [2.05, 4.69) is 6.92 Å². The second kappa shape index (κ2) is 5.53. The van der Waals surface area contributed by atoms with Crippen LogP contribution < -0.4 is 0 Å². The predicted octanol–water partition coefficient (Wildman–Crippen LogP) is 3.70. The first-order valence-corrected chi connectivity index (χ1v) is 10.1. The minimum Gasteiger partial charge on any atom is -0.389 e. The van der Waals surface area contributed by atoms with Crippen LogP contribution in [0, 0.1) is 28.6 Å². The van der Waals surface area contributed by atoms with Crippen LogP contribution in [-0.4, -0.2) is 36.5 Å². The second-order valence-electron chi connectivity index (χ2n) is 9.73. The lowest BCUT2D eigenvalue weighted by Gasteiger charge is -2.63. The van der Waals surface area contributed by atoms with E-state index in [4.69, 9.17) is 9.47 Å². The van der Waals surface area contributed by atoms with Crippen molar-refractivity contribution in [3.8, 4) is 0 Å². The number of ketones is 1. The number of carbonyl (C=O) groups is 1. The fourth-order valence-corrected chi connectivity index (χ4v) is 7.38. The number of hydrogen-bond acceptors (Lipinski definition) is 4. The molecule has 4 aliphatic carbocycles. The van der Waals surface area contributed by atoms with Crippen molar-refractivity contribution in [3.63, 3.8) is 0 Å². The van der Waals surface area contributed by atoms with Gasteiger partial charge in [0.2, 0.25) is 0 Å². The van der Waals surface area contributed by atoms with Gasteiger partial charge in [-0.2, -0.15) is 0 Å². The Kier molecular flexibility index (Phi) is 3.97. The zero-order valence-corrected chi connectivity index (χ0v) is 16.3. The third-order valence-electron chi connectivity index (χ3n) is 9.31. The van der Waals surface area contributed by atoms with Crippen LogP contribution in [0.4, 0.5) is 0 Å². The zero-order valence-electron chi connectivity index (χ0n) is 16.3. The molecule has 0 amide bonds. The molecular weight excluding hydrogens is 316 g/mol. The number of fused-ring (bicyclic) bond motifs is 5. The molecule has 142 valence electrons. The molecule has 0 aromatic rings. The number of hydrogen-bond donors (Lipinski definition) is 1. The van der Waals surface area contributed by atoms with Gasteiger partial charge in [-0.3, -0.25) is 4.79 Å². The normalized spacial score (nSPS) is 51.6. The Balaban J connectivity index is 1.65. The smallest absolute Gasteiger partial charge is 0.167 e. The van der Waals surface area contributed by atoms with Crippen molar-refractivity contribution >= 4 is 5.78 Å². The van der Waals surface area contributed by atoms with Crippen molar-refractivity contribution in [2.45, 2.75) is 83.0 Å². The molecule has 4 heteroatoms. The summed E-state index contributed by atoms with van der Waals surface area (Å²) in [5.74, 6) is 1.23. The largest absolute Gasteiger partial charge is 0.389 e. The SMILES string of the molecule is COC1(OC)CCC2(C)C(CCC3C2CCC2(C)C(=O)CCC32O)C1. The van der Waals surface area contributed by atoms with E-state index in [0.717, 1.165) is 44.9 Å². The number of ether oxygens (including phenoxy) is 2. The summed E-state index contributed by atoms with van der Waals surface area (Å²) in [6.45, 7) is 4.47. The van der Waals surface area contributed by atoms with E-state index in [0.29, 0.717) is 30.5 Å². The van der Waals surface area contributed by atoms with E-state index in [1.807, 2.05) is 6.92 Å². The Hall–Kier alpha value is -0.450. The molecule has 25 heavy (non-hydrogen) atoms. The van der Waals surface area contributed by atoms with E-state index in [9.17, 15) is 9.90 Å². The standard InChI is InChI=1S/C21H34O4/c1-18-11-12-20(24-3,25-4)13-14(18)5-6-16-15(18)7-9-19(2)17(22)8-10-21(16,19)23/h14-16,23H,5-13H2,1-4H3. The summed E-state index contributed by atoms with van der Waals surface area (Å²) in [4.78, 5) is 12.5. The van der Waals surface area contributed by atoms with Crippen molar-refractivity contribution in [3.05, 3.63) is 0 Å². The highest BCUT2D eigenvalue weighted by Gasteiger charge is 2.68. The Morgan fingerprint density at radius 2 is 1.68 bits per heavy atom. The number of carbonyl (C=O) groups excluding carboxylic acids is 1. The second-order valence-corrected chi connectivity index (χ2v) is 9.73. The first-order chi connectivity index (χ1) is 11.7. The highest BCUT2D eigenvalue weighted by Crippen LogP contribution is 2.67. The van der Waals surface area contributed by atoms with Crippen molar-refractivity contribution in [1.29, 1.82) is 0 Å². The minimum atomic E-state index is -0.780. The number of methoxy groups -OCH3 is 2. The summed E-state index contributed by atoms with van der Waals surface area (Å²) in [6, 6.07) is 0. The van der Waals surface area contributed by atoms with Crippen LogP contribution in [-0.2, 0) is 14.3 Å². The Bertz CT molecular complexity index is 570. The molecule has 4 aliphatic rings. The lowest BCUT2D eigenvalue weighted by atomic mass is 9.43. The van der Waals surface area contributed by atoms with E-state index >= 15 is 0 Å². The molecule has 4 rings (SSSR count). The van der Waals surface area contributed by atoms with Crippen LogP contribution in [0.2, 0.25) is 0 Å². The Morgan fingerprint density at radius 3 is 2.36 bits per heavy atom. The van der Waals surface area contributed by atoms with Crippen LogP contribution >= 0.6 is 0 Å². The van der Waals surface area contributed by atoms with E-state index in [1.165, 1.54) is 0 Å². The molecule has 6 unspecified atom stereocenters. The molecule has 0 radical (unpaired) electrons. The van der Waals surface area contributed by atoms with Crippen LogP contribution in [0.25, 0.3) is 0 Å². The summed E-state index contributed by atoms with van der Waals surface area (Å²) in [6.07, 6.45) is 8.27. The van der Waals surface area contributed by atoms with Gasteiger partial charge in [0, 0.05) is 33.5 Å². The Morgan fingerprint density at radius 1 is 0.960 bits per heavy atom. The summed E-state index contributed by atoms with van der Waals surface area (Å²) < 4.78 is 11.5. The molecule has 4 saturated carbocycles. The molecule has 6 atom stereocenters. The number of aliphatic hydroxyl groups is 1. The molecule has 0 saturated heterocycles. The molecule has 0 heterocycles. The summed E-state index contributed by atoms with van der Waals surface area (Å²) in [5.41, 5.74) is -1.06. The summed E-state index contributed by atoms with van der Waals surface area (Å²) in [5, 5.41) is 11.7. The molecule has 0 aromatic heterocycles. The first kappa shape index (κ1) is 17.9. The number of Topliss-reactive ketones (excluding diaryl/α,β-unsaturated/α-hetero) is 1. The van der Waals surface area contributed by atoms with Gasteiger partial charge in [-0.1, -0.05) is 6.92 Å². The summed E-state index contributed by atoms with van der Waals surface area (Å²) in [7, 11) is 3.52. The Labute approximate surface area is 151 Å². The maximum atomic E-state index is 12.5. The van der Waals surface area contributed by atoms with Crippen LogP contribution in [0.5, 0.6) is 0 Å². The van der Waals surface area contributed by atoms with Crippen molar-refractivity contribution in [2.75, 3.05) is 14.2 Å². The van der Waals surface area contributed by atoms with Gasteiger partial charge in [0.1, 0.15) is 5.78 Å². The molecule has 0 aromatic carbocycles. The molecule has 0 aliphatic heterocycles. The van der Waals surface area contributed by atoms with Crippen molar-refractivity contribution in [2.24, 2.45) is 28.6 Å². The van der Waals surface area contributed by atoms with Gasteiger partial charge in [0.15, 0.2) is 5.79 Å². The maximum absolute atomic E-state index is 12.5. The summed E-state index contributed by atoms with van der Waals surface area (Å²) >= 11 is 0. The fraction of sp³-hybridized carbons (Fsp3) is 0.952. The number of rotatable bonds is 2. The van der Waals surface area contributed by atoms with E-state index < -0.39 is 16.8 Å². The van der Waals surface area contributed by atoms with Crippen LogP contribution in [0.15, 0.2) is 0 Å². The van der Waals surface area contributed by atoms with Gasteiger partial charge in [0.25, 0.3) is 0 Å².